The van der Waals surface area contributed by atoms with E-state index in [4.69, 9.17) is 16.7 Å². The zero-order valence-corrected chi connectivity index (χ0v) is 11.2. The number of aromatic carboxylic acids is 1. The fraction of sp³-hybridized carbons (Fsp3) is 0.154. The van der Waals surface area contributed by atoms with Crippen molar-refractivity contribution in [3.8, 4) is 11.4 Å². The van der Waals surface area contributed by atoms with E-state index in [0.717, 1.165) is 11.3 Å². The van der Waals surface area contributed by atoms with Crippen LogP contribution in [0.5, 0.6) is 0 Å². The number of rotatable bonds is 3. The molecule has 0 unspecified atom stereocenters. The molecule has 19 heavy (non-hydrogen) atoms. The van der Waals surface area contributed by atoms with Gasteiger partial charge in [0.05, 0.1) is 0 Å². The Balaban J connectivity index is 2.43. The molecule has 0 aliphatic carbocycles. The molecule has 0 atom stereocenters. The molecule has 0 fully saturated rings. The molecule has 0 aliphatic rings. The molecule has 98 valence electrons. The fourth-order valence-corrected chi connectivity index (χ4v) is 1.75. The molecule has 0 aliphatic heterocycles. The molecule has 5 nitrogen and oxygen atoms in total. The topological polar surface area (TPSA) is 66.3 Å². The number of hydrogen-bond acceptors (Lipinski definition) is 4. The van der Waals surface area contributed by atoms with Crippen LogP contribution in [0, 0.1) is 0 Å². The van der Waals surface area contributed by atoms with Crippen molar-refractivity contribution in [1.29, 1.82) is 0 Å². The number of carboxylic acids is 1. The highest BCUT2D eigenvalue weighted by Gasteiger charge is 2.11. The van der Waals surface area contributed by atoms with E-state index < -0.39 is 5.97 Å². The highest BCUT2D eigenvalue weighted by Crippen LogP contribution is 2.21. The second kappa shape index (κ2) is 5.24. The Morgan fingerprint density at radius 2 is 1.84 bits per heavy atom. The van der Waals surface area contributed by atoms with Gasteiger partial charge in [-0.15, -0.1) is 0 Å². The normalized spacial score (nSPS) is 10.3. The Morgan fingerprint density at radius 3 is 2.37 bits per heavy atom. The largest absolute Gasteiger partial charge is 0.477 e. The van der Waals surface area contributed by atoms with Gasteiger partial charge in [0.2, 0.25) is 0 Å². The molecule has 0 saturated carbocycles. The molecular formula is C13H12ClN3O2. The molecule has 0 amide bonds. The van der Waals surface area contributed by atoms with Gasteiger partial charge in [0.15, 0.2) is 11.5 Å². The van der Waals surface area contributed by atoms with Gasteiger partial charge in [0, 0.05) is 31.4 Å². The second-order valence-corrected chi connectivity index (χ2v) is 4.53. The summed E-state index contributed by atoms with van der Waals surface area (Å²) in [5, 5.41) is 9.05. The van der Waals surface area contributed by atoms with Crippen molar-refractivity contribution in [3.05, 3.63) is 41.2 Å². The summed E-state index contributed by atoms with van der Waals surface area (Å²) in [6.07, 6.45) is 0. The van der Waals surface area contributed by atoms with E-state index >= 15 is 0 Å². The van der Waals surface area contributed by atoms with Gasteiger partial charge >= 0.3 is 5.97 Å². The lowest BCUT2D eigenvalue weighted by molar-refractivity contribution is 0.0690. The number of anilines is 1. The van der Waals surface area contributed by atoms with Crippen LogP contribution in [0.3, 0.4) is 0 Å². The first-order valence-corrected chi connectivity index (χ1v) is 5.91. The molecule has 0 radical (unpaired) electrons. The predicted octanol–water partition coefficient (Wildman–Crippen LogP) is 2.56. The average molecular weight is 278 g/mol. The SMILES string of the molecule is CN(C)c1ccc(-c2nc(Cl)cc(C(=O)O)n2)cc1. The molecule has 0 saturated heterocycles. The number of hydrogen-bond donors (Lipinski definition) is 1. The number of carbonyl (C=O) groups is 1. The van der Waals surface area contributed by atoms with Crippen LogP contribution in [0.2, 0.25) is 5.15 Å². The Labute approximate surface area is 115 Å². The maximum atomic E-state index is 10.9. The third-order valence-electron chi connectivity index (χ3n) is 2.56. The first kappa shape index (κ1) is 13.3. The van der Waals surface area contributed by atoms with Gasteiger partial charge in [-0.05, 0) is 24.3 Å². The number of halogens is 1. The molecule has 1 aromatic carbocycles. The minimum atomic E-state index is -1.13. The molecule has 1 aromatic heterocycles. The zero-order chi connectivity index (χ0) is 14.0. The van der Waals surface area contributed by atoms with E-state index in [2.05, 4.69) is 9.97 Å². The molecule has 1 N–H and O–H groups in total. The van der Waals surface area contributed by atoms with Crippen LogP contribution < -0.4 is 4.90 Å². The summed E-state index contributed by atoms with van der Waals surface area (Å²) >= 11 is 5.80. The summed E-state index contributed by atoms with van der Waals surface area (Å²) < 4.78 is 0. The lowest BCUT2D eigenvalue weighted by Crippen LogP contribution is -2.08. The lowest BCUT2D eigenvalue weighted by Gasteiger charge is -2.12. The van der Waals surface area contributed by atoms with Gasteiger partial charge in [-0.3, -0.25) is 0 Å². The van der Waals surface area contributed by atoms with Crippen molar-refractivity contribution in [2.45, 2.75) is 0 Å². The third kappa shape index (κ3) is 3.00. The van der Waals surface area contributed by atoms with Gasteiger partial charge in [-0.2, -0.15) is 0 Å². The zero-order valence-electron chi connectivity index (χ0n) is 10.5. The van der Waals surface area contributed by atoms with E-state index in [1.807, 2.05) is 43.3 Å². The second-order valence-electron chi connectivity index (χ2n) is 4.15. The number of aromatic nitrogens is 2. The number of benzene rings is 1. The van der Waals surface area contributed by atoms with Crippen molar-refractivity contribution in [2.75, 3.05) is 19.0 Å². The van der Waals surface area contributed by atoms with Crippen molar-refractivity contribution in [3.63, 3.8) is 0 Å². The molecule has 2 aromatic rings. The molecule has 2 rings (SSSR count). The summed E-state index contributed by atoms with van der Waals surface area (Å²) in [7, 11) is 3.88. The van der Waals surface area contributed by atoms with Gasteiger partial charge in [0.1, 0.15) is 5.15 Å². The van der Waals surface area contributed by atoms with Crippen molar-refractivity contribution in [1.82, 2.24) is 9.97 Å². The molecule has 0 spiro atoms. The Morgan fingerprint density at radius 1 is 1.21 bits per heavy atom. The van der Waals surface area contributed by atoms with E-state index in [0.29, 0.717) is 5.82 Å². The van der Waals surface area contributed by atoms with Crippen LogP contribution in [0.4, 0.5) is 5.69 Å². The predicted molar refractivity (Wildman–Crippen MR) is 73.8 cm³/mol. The highest BCUT2D eigenvalue weighted by molar-refractivity contribution is 6.29. The van der Waals surface area contributed by atoms with Gasteiger partial charge < -0.3 is 10.0 Å². The van der Waals surface area contributed by atoms with Crippen molar-refractivity contribution < 1.29 is 9.90 Å². The summed E-state index contributed by atoms with van der Waals surface area (Å²) in [6.45, 7) is 0. The van der Waals surface area contributed by atoms with Crippen LogP contribution in [0.15, 0.2) is 30.3 Å². The number of nitrogens with zero attached hydrogens (tertiary/aromatic N) is 3. The first-order chi connectivity index (χ1) is 8.97. The standard InChI is InChI=1S/C13H12ClN3O2/c1-17(2)9-5-3-8(4-6-9)12-15-10(13(18)19)7-11(14)16-12/h3-7H,1-2H3,(H,18,19). The monoisotopic (exact) mass is 277 g/mol. The van der Waals surface area contributed by atoms with Gasteiger partial charge in [-0.25, -0.2) is 14.8 Å². The van der Waals surface area contributed by atoms with E-state index in [1.165, 1.54) is 6.07 Å². The smallest absolute Gasteiger partial charge is 0.354 e. The summed E-state index contributed by atoms with van der Waals surface area (Å²) in [5.74, 6) is -0.828. The molecule has 6 heteroatoms. The quantitative estimate of drug-likeness (QED) is 0.874. The number of carboxylic acid groups (broad SMARTS) is 1. The average Bonchev–Trinajstić information content (AvgIpc) is 2.38. The van der Waals surface area contributed by atoms with Gasteiger partial charge in [-0.1, -0.05) is 11.6 Å². The molecular weight excluding hydrogens is 266 g/mol. The van der Waals surface area contributed by atoms with Crippen LogP contribution in [0.25, 0.3) is 11.4 Å². The summed E-state index contributed by atoms with van der Waals surface area (Å²) in [6, 6.07) is 8.68. The third-order valence-corrected chi connectivity index (χ3v) is 2.75. The Hall–Kier alpha value is -2.14. The first-order valence-electron chi connectivity index (χ1n) is 5.53. The van der Waals surface area contributed by atoms with Crippen LogP contribution in [-0.4, -0.2) is 35.1 Å². The fourth-order valence-electron chi connectivity index (χ4n) is 1.56. The Bertz CT molecular complexity index is 612. The Kier molecular flexibility index (Phi) is 3.66. The minimum absolute atomic E-state index is 0.110. The van der Waals surface area contributed by atoms with Crippen LogP contribution >= 0.6 is 11.6 Å². The molecule has 1 heterocycles. The van der Waals surface area contributed by atoms with Crippen molar-refractivity contribution >= 4 is 23.3 Å². The highest BCUT2D eigenvalue weighted by atomic mass is 35.5. The van der Waals surface area contributed by atoms with Crippen LogP contribution in [0.1, 0.15) is 10.5 Å². The summed E-state index contributed by atoms with van der Waals surface area (Å²) in [5.41, 5.74) is 1.63. The maximum absolute atomic E-state index is 10.9. The minimum Gasteiger partial charge on any atom is -0.477 e. The maximum Gasteiger partial charge on any atom is 0.354 e. The van der Waals surface area contributed by atoms with Gasteiger partial charge in [0.25, 0.3) is 0 Å². The lowest BCUT2D eigenvalue weighted by atomic mass is 10.2. The van der Waals surface area contributed by atoms with Crippen molar-refractivity contribution in [2.24, 2.45) is 0 Å². The summed E-state index contributed by atoms with van der Waals surface area (Å²) in [4.78, 5) is 20.9. The van der Waals surface area contributed by atoms with E-state index in [-0.39, 0.29) is 10.8 Å². The van der Waals surface area contributed by atoms with E-state index in [9.17, 15) is 4.79 Å². The van der Waals surface area contributed by atoms with Crippen LogP contribution in [-0.2, 0) is 0 Å². The van der Waals surface area contributed by atoms with E-state index in [1.54, 1.807) is 0 Å². The molecule has 0 bridgehead atoms.